The summed E-state index contributed by atoms with van der Waals surface area (Å²) < 4.78 is 47.9. The third kappa shape index (κ3) is 4.76. The highest BCUT2D eigenvalue weighted by Gasteiger charge is 2.35. The van der Waals surface area contributed by atoms with Crippen molar-refractivity contribution in [3.05, 3.63) is 65.3 Å². The van der Waals surface area contributed by atoms with Gasteiger partial charge in [0.1, 0.15) is 22.4 Å². The standard InChI is InChI=1S/C21H22ClFN4O4S/c1-21(2,3)19(31-20(28)24-4)15-11-18(27(26-15)16-8-6-5-7-14(16)23)32(29,30)13-9-10-17(22)25-12-13/h5-12,19H,1-4H3,(H,24,28). The van der Waals surface area contributed by atoms with Gasteiger partial charge in [0.15, 0.2) is 11.1 Å². The molecule has 0 fully saturated rings. The highest BCUT2D eigenvalue weighted by Crippen LogP contribution is 2.37. The number of aromatic nitrogens is 3. The average molecular weight is 481 g/mol. The molecule has 1 N–H and O–H groups in total. The van der Waals surface area contributed by atoms with Crippen molar-refractivity contribution in [3.8, 4) is 5.69 Å². The monoisotopic (exact) mass is 480 g/mol. The van der Waals surface area contributed by atoms with Crippen LogP contribution in [-0.2, 0) is 14.6 Å². The summed E-state index contributed by atoms with van der Waals surface area (Å²) in [6.45, 7) is 5.42. The molecule has 0 spiro atoms. The van der Waals surface area contributed by atoms with Gasteiger partial charge in [-0.25, -0.2) is 27.3 Å². The van der Waals surface area contributed by atoms with Crippen molar-refractivity contribution in [1.82, 2.24) is 20.1 Å². The van der Waals surface area contributed by atoms with Gasteiger partial charge in [-0.1, -0.05) is 44.5 Å². The van der Waals surface area contributed by atoms with Crippen molar-refractivity contribution in [1.29, 1.82) is 0 Å². The maximum absolute atomic E-state index is 14.6. The number of carbonyl (C=O) groups excluding carboxylic acids is 1. The normalized spacial score (nSPS) is 12.9. The van der Waals surface area contributed by atoms with Gasteiger partial charge < -0.3 is 10.1 Å². The predicted octanol–water partition coefficient (Wildman–Crippen LogP) is 4.34. The molecule has 0 saturated carbocycles. The molecule has 1 atom stereocenters. The molecular weight excluding hydrogens is 459 g/mol. The number of amides is 1. The summed E-state index contributed by atoms with van der Waals surface area (Å²) in [4.78, 5) is 15.6. The van der Waals surface area contributed by atoms with Crippen LogP contribution < -0.4 is 5.32 Å². The molecule has 3 aromatic rings. The lowest BCUT2D eigenvalue weighted by atomic mass is 9.87. The minimum Gasteiger partial charge on any atom is -0.439 e. The second-order valence-electron chi connectivity index (χ2n) is 7.99. The Morgan fingerprint density at radius 3 is 2.47 bits per heavy atom. The second kappa shape index (κ2) is 8.87. The summed E-state index contributed by atoms with van der Waals surface area (Å²) in [6, 6.07) is 9.54. The zero-order valence-electron chi connectivity index (χ0n) is 17.8. The van der Waals surface area contributed by atoms with Crippen LogP contribution in [0.4, 0.5) is 9.18 Å². The fourth-order valence-electron chi connectivity index (χ4n) is 2.99. The Bertz CT molecular complexity index is 1240. The summed E-state index contributed by atoms with van der Waals surface area (Å²) in [6.07, 6.45) is -0.525. The largest absolute Gasteiger partial charge is 0.439 e. The van der Waals surface area contributed by atoms with Gasteiger partial charge in [-0.15, -0.1) is 0 Å². The average Bonchev–Trinajstić information content (AvgIpc) is 3.17. The number of rotatable bonds is 5. The van der Waals surface area contributed by atoms with Gasteiger partial charge in [0.05, 0.1) is 4.90 Å². The molecule has 11 heteroatoms. The highest BCUT2D eigenvalue weighted by atomic mass is 35.5. The lowest BCUT2D eigenvalue weighted by Crippen LogP contribution is -2.29. The molecule has 170 valence electrons. The number of benzene rings is 1. The lowest BCUT2D eigenvalue weighted by molar-refractivity contribution is 0.0284. The molecule has 1 amide bonds. The first-order valence-corrected chi connectivity index (χ1v) is 11.4. The molecule has 0 bridgehead atoms. The zero-order valence-corrected chi connectivity index (χ0v) is 19.4. The number of alkyl carbamates (subject to hydrolysis) is 1. The maximum Gasteiger partial charge on any atom is 0.407 e. The number of carbonyl (C=O) groups is 1. The van der Waals surface area contributed by atoms with E-state index in [1.54, 1.807) is 26.8 Å². The van der Waals surface area contributed by atoms with Crippen molar-refractivity contribution in [2.75, 3.05) is 7.05 Å². The van der Waals surface area contributed by atoms with E-state index in [0.29, 0.717) is 0 Å². The molecule has 0 radical (unpaired) electrons. The summed E-state index contributed by atoms with van der Waals surface area (Å²) in [5, 5.41) is 6.53. The smallest absolute Gasteiger partial charge is 0.407 e. The van der Waals surface area contributed by atoms with E-state index >= 15 is 0 Å². The minimum atomic E-state index is -4.19. The SMILES string of the molecule is CNC(=O)OC(c1cc(S(=O)(=O)c2ccc(Cl)nc2)n(-c2ccccc2F)n1)C(C)(C)C. The van der Waals surface area contributed by atoms with Crippen LogP contribution in [-0.4, -0.2) is 36.3 Å². The van der Waals surface area contributed by atoms with Crippen molar-refractivity contribution >= 4 is 27.5 Å². The first kappa shape index (κ1) is 23.7. The van der Waals surface area contributed by atoms with Crippen molar-refractivity contribution in [2.24, 2.45) is 5.41 Å². The molecule has 32 heavy (non-hydrogen) atoms. The summed E-state index contributed by atoms with van der Waals surface area (Å²) in [7, 11) is -2.78. The number of pyridine rings is 1. The van der Waals surface area contributed by atoms with Gasteiger partial charge in [0, 0.05) is 24.7 Å². The number of nitrogens with zero attached hydrogens (tertiary/aromatic N) is 3. The second-order valence-corrected chi connectivity index (χ2v) is 10.3. The van der Waals surface area contributed by atoms with E-state index in [2.05, 4.69) is 15.4 Å². The third-order valence-electron chi connectivity index (χ3n) is 4.55. The van der Waals surface area contributed by atoms with E-state index in [0.717, 1.165) is 10.9 Å². The first-order valence-electron chi connectivity index (χ1n) is 9.55. The van der Waals surface area contributed by atoms with Crippen LogP contribution >= 0.6 is 11.6 Å². The molecule has 1 unspecified atom stereocenters. The van der Waals surface area contributed by atoms with Crippen LogP contribution in [0.1, 0.15) is 32.6 Å². The molecule has 0 saturated heterocycles. The van der Waals surface area contributed by atoms with Crippen molar-refractivity contribution in [3.63, 3.8) is 0 Å². The molecule has 0 aliphatic rings. The summed E-state index contributed by atoms with van der Waals surface area (Å²) in [5.41, 5.74) is -0.583. The van der Waals surface area contributed by atoms with Crippen LogP contribution in [0.3, 0.4) is 0 Å². The molecule has 1 aromatic carbocycles. The van der Waals surface area contributed by atoms with Gasteiger partial charge in [-0.3, -0.25) is 0 Å². The van der Waals surface area contributed by atoms with Gasteiger partial charge in [0.2, 0.25) is 9.84 Å². The van der Waals surface area contributed by atoms with Crippen LogP contribution in [0.5, 0.6) is 0 Å². The Kier molecular flexibility index (Phi) is 6.56. The van der Waals surface area contributed by atoms with Gasteiger partial charge in [-0.05, 0) is 24.3 Å². The molecule has 0 aliphatic heterocycles. The quantitative estimate of drug-likeness (QED) is 0.545. The van der Waals surface area contributed by atoms with E-state index in [-0.39, 0.29) is 26.5 Å². The van der Waals surface area contributed by atoms with Crippen molar-refractivity contribution < 1.29 is 22.3 Å². The number of sulfone groups is 1. The van der Waals surface area contributed by atoms with Crippen LogP contribution in [0.25, 0.3) is 5.69 Å². The lowest BCUT2D eigenvalue weighted by Gasteiger charge is -2.28. The minimum absolute atomic E-state index is 0.0770. The summed E-state index contributed by atoms with van der Waals surface area (Å²) >= 11 is 5.79. The maximum atomic E-state index is 14.6. The number of nitrogens with one attached hydrogen (secondary N) is 1. The van der Waals surface area contributed by atoms with Gasteiger partial charge >= 0.3 is 6.09 Å². The zero-order chi connectivity index (χ0) is 23.7. The molecule has 3 rings (SSSR count). The molecular formula is C21H22ClFN4O4S. The Labute approximate surface area is 190 Å². The first-order chi connectivity index (χ1) is 14.9. The van der Waals surface area contributed by atoms with E-state index in [4.69, 9.17) is 16.3 Å². The Balaban J connectivity index is 2.26. The van der Waals surface area contributed by atoms with Gasteiger partial charge in [-0.2, -0.15) is 5.10 Å². The van der Waals surface area contributed by atoms with E-state index < -0.39 is 33.3 Å². The Morgan fingerprint density at radius 1 is 1.22 bits per heavy atom. The van der Waals surface area contributed by atoms with Crippen molar-refractivity contribution in [2.45, 2.75) is 36.8 Å². The third-order valence-corrected chi connectivity index (χ3v) is 6.47. The fourth-order valence-corrected chi connectivity index (χ4v) is 4.42. The van der Waals surface area contributed by atoms with Crippen LogP contribution in [0.15, 0.2) is 58.6 Å². The number of hydrogen-bond acceptors (Lipinski definition) is 6. The number of ether oxygens (including phenoxy) is 1. The predicted molar refractivity (Wildman–Crippen MR) is 116 cm³/mol. The van der Waals surface area contributed by atoms with E-state index in [1.807, 2.05) is 0 Å². The number of hydrogen-bond donors (Lipinski definition) is 1. The molecule has 0 aliphatic carbocycles. The van der Waals surface area contributed by atoms with Crippen LogP contribution in [0, 0.1) is 11.2 Å². The Hall–Kier alpha value is -2.98. The summed E-state index contributed by atoms with van der Waals surface area (Å²) in [5.74, 6) is -0.674. The number of para-hydroxylation sites is 1. The fraction of sp³-hybridized carbons (Fsp3) is 0.286. The molecule has 2 aromatic heterocycles. The Morgan fingerprint density at radius 2 is 1.91 bits per heavy atom. The number of halogens is 2. The molecule has 2 heterocycles. The van der Waals surface area contributed by atoms with E-state index in [1.165, 1.54) is 43.4 Å². The highest BCUT2D eigenvalue weighted by molar-refractivity contribution is 7.91. The molecule has 8 nitrogen and oxygen atoms in total. The van der Waals surface area contributed by atoms with Crippen LogP contribution in [0.2, 0.25) is 5.15 Å². The van der Waals surface area contributed by atoms with E-state index in [9.17, 15) is 17.6 Å². The van der Waals surface area contributed by atoms with Gasteiger partial charge in [0.25, 0.3) is 0 Å². The topological polar surface area (TPSA) is 103 Å².